The van der Waals surface area contributed by atoms with Crippen molar-refractivity contribution in [3.63, 3.8) is 0 Å². The van der Waals surface area contributed by atoms with Gasteiger partial charge in [0.1, 0.15) is 0 Å². The molecule has 0 bridgehead atoms. The second-order valence-corrected chi connectivity index (χ2v) is 6.52. The van der Waals surface area contributed by atoms with Crippen LogP contribution in [-0.2, 0) is 4.74 Å². The summed E-state index contributed by atoms with van der Waals surface area (Å²) in [6, 6.07) is 4.50. The van der Waals surface area contributed by atoms with Crippen molar-refractivity contribution in [3.8, 4) is 17.2 Å². The number of hydrogen-bond donors (Lipinski definition) is 0. The summed E-state index contributed by atoms with van der Waals surface area (Å²) < 4.78 is 42.2. The Hall–Kier alpha value is -2.42. The quantitative estimate of drug-likeness (QED) is 0.825. The molecule has 0 atom stereocenters. The number of alkyl halides is 2. The highest BCUT2D eigenvalue weighted by Crippen LogP contribution is 2.44. The molecule has 0 saturated carbocycles. The van der Waals surface area contributed by atoms with E-state index in [0.717, 1.165) is 4.88 Å². The average molecular weight is 356 g/mol. The normalized spacial score (nSPS) is 15.8. The summed E-state index contributed by atoms with van der Waals surface area (Å²) in [5.74, 6) is -0.191. The van der Waals surface area contributed by atoms with Gasteiger partial charge in [0.15, 0.2) is 11.5 Å². The SMILES string of the molecule is Cc1cn(-c2cccc3c2OC(F)(F)O3)/c(=N/C(=O)OC(C)C)s1. The van der Waals surface area contributed by atoms with Gasteiger partial charge in [0.25, 0.3) is 0 Å². The summed E-state index contributed by atoms with van der Waals surface area (Å²) in [5.41, 5.74) is 0.296. The molecule has 0 saturated heterocycles. The van der Waals surface area contributed by atoms with E-state index in [2.05, 4.69) is 14.5 Å². The second-order valence-electron chi connectivity index (χ2n) is 5.31. The number of rotatable bonds is 2. The predicted octanol–water partition coefficient (Wildman–Crippen LogP) is 3.61. The van der Waals surface area contributed by atoms with Crippen molar-refractivity contribution in [2.45, 2.75) is 33.2 Å². The average Bonchev–Trinajstić information content (AvgIpc) is 2.95. The number of aryl methyl sites for hydroxylation is 1. The van der Waals surface area contributed by atoms with Crippen molar-refractivity contribution in [2.24, 2.45) is 4.99 Å². The third kappa shape index (κ3) is 3.25. The zero-order chi connectivity index (χ0) is 17.5. The Morgan fingerprint density at radius 2 is 2.12 bits per heavy atom. The molecule has 0 fully saturated rings. The number of fused-ring (bicyclic) bond motifs is 1. The number of hydrogen-bond acceptors (Lipinski definition) is 5. The summed E-state index contributed by atoms with van der Waals surface area (Å²) in [6.07, 6.45) is -3.12. The van der Waals surface area contributed by atoms with Crippen molar-refractivity contribution in [2.75, 3.05) is 0 Å². The van der Waals surface area contributed by atoms with Gasteiger partial charge in [-0.15, -0.1) is 25.1 Å². The van der Waals surface area contributed by atoms with Crippen LogP contribution in [0.25, 0.3) is 5.69 Å². The van der Waals surface area contributed by atoms with Crippen LogP contribution in [0.3, 0.4) is 0 Å². The van der Waals surface area contributed by atoms with Gasteiger partial charge in [-0.25, -0.2) is 4.79 Å². The number of ether oxygens (including phenoxy) is 3. The molecule has 0 spiro atoms. The van der Waals surface area contributed by atoms with Crippen LogP contribution in [0.1, 0.15) is 18.7 Å². The first-order valence-electron chi connectivity index (χ1n) is 7.09. The molecule has 1 aliphatic rings. The lowest BCUT2D eigenvalue weighted by Gasteiger charge is -2.08. The minimum Gasteiger partial charge on any atom is -0.445 e. The van der Waals surface area contributed by atoms with Crippen LogP contribution >= 0.6 is 11.3 Å². The van der Waals surface area contributed by atoms with Crippen LogP contribution in [0, 0.1) is 6.92 Å². The molecule has 0 unspecified atom stereocenters. The van der Waals surface area contributed by atoms with E-state index in [1.54, 1.807) is 32.2 Å². The molecular formula is C15H14F2N2O4S. The Morgan fingerprint density at radius 3 is 2.83 bits per heavy atom. The number of aromatic nitrogens is 1. The molecule has 0 radical (unpaired) electrons. The smallest absolute Gasteiger partial charge is 0.445 e. The van der Waals surface area contributed by atoms with Crippen molar-refractivity contribution in [1.29, 1.82) is 0 Å². The van der Waals surface area contributed by atoms with Crippen molar-refractivity contribution < 1.29 is 27.8 Å². The monoisotopic (exact) mass is 356 g/mol. The van der Waals surface area contributed by atoms with E-state index in [1.165, 1.54) is 22.0 Å². The van der Waals surface area contributed by atoms with Crippen LogP contribution in [0.2, 0.25) is 0 Å². The first-order valence-corrected chi connectivity index (χ1v) is 7.90. The Morgan fingerprint density at radius 1 is 1.38 bits per heavy atom. The fourth-order valence-electron chi connectivity index (χ4n) is 2.16. The lowest BCUT2D eigenvalue weighted by molar-refractivity contribution is -0.286. The number of amides is 1. The molecule has 1 amide bonds. The Labute approximate surface area is 139 Å². The minimum absolute atomic E-state index is 0.0791. The molecule has 1 aromatic carbocycles. The molecule has 1 aromatic heterocycles. The van der Waals surface area contributed by atoms with E-state index in [1.807, 2.05) is 6.92 Å². The zero-order valence-corrected chi connectivity index (χ0v) is 13.9. The summed E-state index contributed by atoms with van der Waals surface area (Å²) in [4.78, 5) is 16.8. The fourth-order valence-corrected chi connectivity index (χ4v) is 2.97. The van der Waals surface area contributed by atoms with Crippen LogP contribution in [0.15, 0.2) is 29.4 Å². The molecule has 3 rings (SSSR count). The van der Waals surface area contributed by atoms with Crippen LogP contribution in [0.5, 0.6) is 11.5 Å². The van der Waals surface area contributed by atoms with E-state index in [-0.39, 0.29) is 22.4 Å². The third-order valence-electron chi connectivity index (χ3n) is 2.96. The van der Waals surface area contributed by atoms with E-state index in [0.29, 0.717) is 5.69 Å². The zero-order valence-electron chi connectivity index (χ0n) is 13.1. The maximum atomic E-state index is 13.3. The molecule has 9 heteroatoms. The van der Waals surface area contributed by atoms with Gasteiger partial charge in [0, 0.05) is 11.1 Å². The second kappa shape index (κ2) is 5.90. The standard InChI is InChI=1S/C15H14F2N2O4S/c1-8(2)21-14(20)18-13-19(7-9(3)24-13)10-5-4-6-11-12(10)23-15(16,17)22-11/h4-8H,1-3H3/b18-13-. The molecule has 1 aliphatic heterocycles. The molecule has 128 valence electrons. The highest BCUT2D eigenvalue weighted by atomic mass is 32.1. The highest BCUT2D eigenvalue weighted by Gasteiger charge is 2.44. The van der Waals surface area contributed by atoms with Gasteiger partial charge in [-0.1, -0.05) is 6.07 Å². The predicted molar refractivity (Wildman–Crippen MR) is 81.8 cm³/mol. The lowest BCUT2D eigenvalue weighted by Crippen LogP contribution is -2.26. The van der Waals surface area contributed by atoms with E-state index >= 15 is 0 Å². The topological polar surface area (TPSA) is 62.0 Å². The van der Waals surface area contributed by atoms with Crippen LogP contribution < -0.4 is 14.3 Å². The summed E-state index contributed by atoms with van der Waals surface area (Å²) in [5, 5.41) is 0. The fraction of sp³-hybridized carbons (Fsp3) is 0.333. The number of thiazole rings is 1. The molecular weight excluding hydrogens is 342 g/mol. The van der Waals surface area contributed by atoms with E-state index in [9.17, 15) is 13.6 Å². The maximum absolute atomic E-state index is 13.3. The van der Waals surface area contributed by atoms with Gasteiger partial charge in [0.2, 0.25) is 4.80 Å². The Bertz CT molecular complexity index is 857. The molecule has 6 nitrogen and oxygen atoms in total. The first kappa shape index (κ1) is 16.4. The summed E-state index contributed by atoms with van der Waals surface area (Å²) in [6.45, 7) is 5.22. The number of para-hydroxylation sites is 1. The number of benzene rings is 1. The Kier molecular flexibility index (Phi) is 4.04. The maximum Gasteiger partial charge on any atom is 0.586 e. The van der Waals surface area contributed by atoms with Gasteiger partial charge in [0.05, 0.1) is 11.8 Å². The van der Waals surface area contributed by atoms with Gasteiger partial charge in [-0.2, -0.15) is 0 Å². The molecule has 24 heavy (non-hydrogen) atoms. The molecule has 0 N–H and O–H groups in total. The van der Waals surface area contributed by atoms with Crippen molar-refractivity contribution in [3.05, 3.63) is 34.1 Å². The number of halogens is 2. The lowest BCUT2D eigenvalue weighted by atomic mass is 10.2. The number of carbonyl (C=O) groups excluding carboxylic acids is 1. The van der Waals surface area contributed by atoms with Crippen LogP contribution in [-0.4, -0.2) is 23.1 Å². The van der Waals surface area contributed by atoms with E-state index < -0.39 is 12.4 Å². The number of carbonyl (C=O) groups is 1. The Balaban J connectivity index is 2.09. The molecule has 2 aromatic rings. The molecule has 2 heterocycles. The van der Waals surface area contributed by atoms with Gasteiger partial charge >= 0.3 is 12.4 Å². The first-order chi connectivity index (χ1) is 11.2. The van der Waals surface area contributed by atoms with Gasteiger partial charge in [-0.05, 0) is 32.9 Å². The largest absolute Gasteiger partial charge is 0.586 e. The number of nitrogens with zero attached hydrogens (tertiary/aromatic N) is 2. The summed E-state index contributed by atoms with van der Waals surface area (Å²) in [7, 11) is 0. The van der Waals surface area contributed by atoms with Crippen LogP contribution in [0.4, 0.5) is 13.6 Å². The highest BCUT2D eigenvalue weighted by molar-refractivity contribution is 7.09. The summed E-state index contributed by atoms with van der Waals surface area (Å²) >= 11 is 1.22. The minimum atomic E-state index is -3.72. The van der Waals surface area contributed by atoms with E-state index in [4.69, 9.17) is 4.74 Å². The molecule has 0 aliphatic carbocycles. The third-order valence-corrected chi connectivity index (χ3v) is 3.86. The van der Waals surface area contributed by atoms with Crippen molar-refractivity contribution in [1.82, 2.24) is 4.57 Å². The van der Waals surface area contributed by atoms with Crippen molar-refractivity contribution >= 4 is 17.4 Å². The van der Waals surface area contributed by atoms with Gasteiger partial charge < -0.3 is 14.2 Å². The van der Waals surface area contributed by atoms with Gasteiger partial charge in [-0.3, -0.25) is 4.57 Å².